The van der Waals surface area contributed by atoms with E-state index in [1.54, 1.807) is 9.80 Å². The number of carbonyl (C=O) groups excluding carboxylic acids is 3. The Bertz CT molecular complexity index is 1120. The Kier molecular flexibility index (Phi) is 5.64. The molecule has 0 saturated carbocycles. The zero-order valence-corrected chi connectivity index (χ0v) is 18.9. The average molecular weight is 429 g/mol. The van der Waals surface area contributed by atoms with E-state index in [0.29, 0.717) is 25.1 Å². The zero-order valence-electron chi connectivity index (χ0n) is 18.9. The predicted molar refractivity (Wildman–Crippen MR) is 124 cm³/mol. The Labute approximate surface area is 189 Å². The fourth-order valence-electron chi connectivity index (χ4n) is 4.42. The minimum Gasteiger partial charge on any atom is -0.338 e. The van der Waals surface area contributed by atoms with Crippen molar-refractivity contribution in [1.82, 2.24) is 9.80 Å². The molecular weight excluding hydrogens is 400 g/mol. The number of ketones is 1. The summed E-state index contributed by atoms with van der Waals surface area (Å²) >= 11 is 0. The van der Waals surface area contributed by atoms with Crippen LogP contribution in [0.25, 0.3) is 11.1 Å². The maximum absolute atomic E-state index is 13.4. The van der Waals surface area contributed by atoms with Gasteiger partial charge in [0.1, 0.15) is 6.04 Å². The zero-order chi connectivity index (χ0) is 23.0. The highest BCUT2D eigenvalue weighted by atomic mass is 16.2. The van der Waals surface area contributed by atoms with Crippen LogP contribution in [0.1, 0.15) is 48.7 Å². The molecule has 0 N–H and O–H groups in total. The quantitative estimate of drug-likeness (QED) is 0.688. The van der Waals surface area contributed by atoms with Gasteiger partial charge in [-0.2, -0.15) is 0 Å². The molecule has 0 aromatic heterocycles. The number of rotatable bonds is 2. The molecule has 5 nitrogen and oxygen atoms in total. The number of carbonyl (C=O) groups is 3. The summed E-state index contributed by atoms with van der Waals surface area (Å²) in [7, 11) is 0. The van der Waals surface area contributed by atoms with Gasteiger partial charge in [-0.05, 0) is 40.3 Å². The summed E-state index contributed by atoms with van der Waals surface area (Å²) in [5.74, 6) is 2.49. The number of terminal acetylenes is 1. The first-order chi connectivity index (χ1) is 15.2. The van der Waals surface area contributed by atoms with Gasteiger partial charge in [-0.25, -0.2) is 0 Å². The highest BCUT2D eigenvalue weighted by Gasteiger charge is 2.40. The van der Waals surface area contributed by atoms with Crippen molar-refractivity contribution >= 4 is 17.6 Å². The molecule has 2 aliphatic rings. The molecule has 4 rings (SSSR count). The summed E-state index contributed by atoms with van der Waals surface area (Å²) in [4.78, 5) is 42.7. The maximum atomic E-state index is 13.4. The number of piperazine rings is 1. The van der Waals surface area contributed by atoms with Gasteiger partial charge in [-0.15, -0.1) is 6.42 Å². The lowest BCUT2D eigenvalue weighted by molar-refractivity contribution is -0.137. The van der Waals surface area contributed by atoms with Gasteiger partial charge < -0.3 is 9.80 Å². The first-order valence-corrected chi connectivity index (χ1v) is 11.0. The fourth-order valence-corrected chi connectivity index (χ4v) is 4.42. The van der Waals surface area contributed by atoms with Crippen LogP contribution >= 0.6 is 0 Å². The molecule has 2 aliphatic heterocycles. The highest BCUT2D eigenvalue weighted by Crippen LogP contribution is 2.29. The highest BCUT2D eigenvalue weighted by molar-refractivity contribution is 6.04. The summed E-state index contributed by atoms with van der Waals surface area (Å²) in [5.41, 5.74) is 3.85. The average Bonchev–Trinajstić information content (AvgIpc) is 2.87. The molecule has 1 unspecified atom stereocenters. The normalized spacial score (nSPS) is 18.5. The van der Waals surface area contributed by atoms with Crippen LogP contribution in [-0.2, 0) is 16.0 Å². The molecule has 2 amide bonds. The summed E-state index contributed by atoms with van der Waals surface area (Å²) in [6.07, 6.45) is 6.06. The summed E-state index contributed by atoms with van der Waals surface area (Å²) in [6.45, 7) is 7.16. The van der Waals surface area contributed by atoms with Gasteiger partial charge in [-0.1, -0.05) is 51.0 Å². The first-order valence-electron chi connectivity index (χ1n) is 11.0. The van der Waals surface area contributed by atoms with E-state index in [4.69, 9.17) is 6.42 Å². The minimum atomic E-state index is -0.592. The van der Waals surface area contributed by atoms with Crippen molar-refractivity contribution in [3.63, 3.8) is 0 Å². The van der Waals surface area contributed by atoms with Crippen LogP contribution in [0.15, 0.2) is 42.5 Å². The number of amides is 2. The van der Waals surface area contributed by atoms with E-state index < -0.39 is 6.04 Å². The van der Waals surface area contributed by atoms with Gasteiger partial charge in [0.05, 0.1) is 0 Å². The number of hydrogen-bond acceptors (Lipinski definition) is 3. The van der Waals surface area contributed by atoms with Crippen LogP contribution in [0.2, 0.25) is 0 Å². The molecule has 0 spiro atoms. The molecule has 1 atom stereocenters. The standard InChI is InChI=1S/C27H28N2O3/c1-5-18-6-8-19(9-7-18)20-10-11-21-15-24(30)23-17-28(25(31)16-27(2,3)4)12-13-29(23)26(32)22(21)14-20/h1,6-11,14,23H,12-13,15-17H2,2-4H3. The first kappa shape index (κ1) is 21.8. The Hall–Kier alpha value is -3.39. The number of hydrogen-bond donors (Lipinski definition) is 0. The molecule has 164 valence electrons. The van der Waals surface area contributed by atoms with E-state index in [9.17, 15) is 14.4 Å². The summed E-state index contributed by atoms with van der Waals surface area (Å²) < 4.78 is 0. The number of Topliss-reactive ketones (excluding diaryl/α,β-unsaturated/α-hetero) is 1. The van der Waals surface area contributed by atoms with E-state index >= 15 is 0 Å². The van der Waals surface area contributed by atoms with Crippen molar-refractivity contribution in [3.8, 4) is 23.5 Å². The van der Waals surface area contributed by atoms with Crippen molar-refractivity contribution < 1.29 is 14.4 Å². The van der Waals surface area contributed by atoms with Crippen LogP contribution in [0.3, 0.4) is 0 Å². The fraction of sp³-hybridized carbons (Fsp3) is 0.370. The Morgan fingerprint density at radius 3 is 2.41 bits per heavy atom. The Balaban J connectivity index is 1.60. The SMILES string of the molecule is C#Cc1ccc(-c2ccc3c(c2)C(=O)N2CCN(C(=O)CC(C)(C)C)CC2C(=O)C3)cc1. The topological polar surface area (TPSA) is 57.7 Å². The van der Waals surface area contributed by atoms with Crippen molar-refractivity contribution in [2.75, 3.05) is 19.6 Å². The van der Waals surface area contributed by atoms with Gasteiger partial charge in [-0.3, -0.25) is 14.4 Å². The molecule has 2 heterocycles. The van der Waals surface area contributed by atoms with Gasteiger partial charge in [0.25, 0.3) is 5.91 Å². The van der Waals surface area contributed by atoms with Crippen molar-refractivity contribution in [3.05, 3.63) is 59.2 Å². The molecule has 32 heavy (non-hydrogen) atoms. The third kappa shape index (κ3) is 4.31. The van der Waals surface area contributed by atoms with Gasteiger partial charge in [0.15, 0.2) is 5.78 Å². The van der Waals surface area contributed by atoms with Crippen molar-refractivity contribution in [1.29, 1.82) is 0 Å². The van der Waals surface area contributed by atoms with Crippen LogP contribution in [-0.4, -0.2) is 53.1 Å². The molecular formula is C27H28N2O3. The van der Waals surface area contributed by atoms with E-state index in [1.807, 2.05) is 63.2 Å². The molecule has 0 bridgehead atoms. The minimum absolute atomic E-state index is 0.0171. The van der Waals surface area contributed by atoms with Gasteiger partial charge in [0, 0.05) is 43.6 Å². The summed E-state index contributed by atoms with van der Waals surface area (Å²) in [5, 5.41) is 0. The maximum Gasteiger partial charge on any atom is 0.254 e. The third-order valence-electron chi connectivity index (χ3n) is 6.14. The molecule has 0 aliphatic carbocycles. The second kappa shape index (κ2) is 8.27. The lowest BCUT2D eigenvalue weighted by atomic mass is 9.91. The molecule has 2 aromatic carbocycles. The van der Waals surface area contributed by atoms with Crippen LogP contribution in [0.4, 0.5) is 0 Å². The lowest BCUT2D eigenvalue weighted by Crippen LogP contribution is -2.59. The van der Waals surface area contributed by atoms with E-state index in [2.05, 4.69) is 5.92 Å². The Morgan fingerprint density at radius 1 is 1.06 bits per heavy atom. The number of nitrogens with zero attached hydrogens (tertiary/aromatic N) is 2. The van der Waals surface area contributed by atoms with Crippen LogP contribution in [0, 0.1) is 17.8 Å². The lowest BCUT2D eigenvalue weighted by Gasteiger charge is -2.40. The summed E-state index contributed by atoms with van der Waals surface area (Å²) in [6, 6.07) is 12.7. The van der Waals surface area contributed by atoms with Crippen molar-refractivity contribution in [2.45, 2.75) is 39.7 Å². The van der Waals surface area contributed by atoms with Crippen molar-refractivity contribution in [2.24, 2.45) is 5.41 Å². The smallest absolute Gasteiger partial charge is 0.254 e. The van der Waals surface area contributed by atoms with E-state index in [-0.39, 0.29) is 36.0 Å². The molecule has 1 fully saturated rings. The molecule has 0 radical (unpaired) electrons. The second-order valence-electron chi connectivity index (χ2n) is 9.83. The number of fused-ring (bicyclic) bond motifs is 2. The monoisotopic (exact) mass is 428 g/mol. The third-order valence-corrected chi connectivity index (χ3v) is 6.14. The molecule has 2 aromatic rings. The Morgan fingerprint density at radius 2 is 1.75 bits per heavy atom. The predicted octanol–water partition coefficient (Wildman–Crippen LogP) is 3.55. The van der Waals surface area contributed by atoms with Gasteiger partial charge in [0.2, 0.25) is 5.91 Å². The van der Waals surface area contributed by atoms with Crippen LogP contribution < -0.4 is 0 Å². The van der Waals surface area contributed by atoms with E-state index in [0.717, 1.165) is 22.3 Å². The molecule has 5 heteroatoms. The molecule has 1 saturated heterocycles. The largest absolute Gasteiger partial charge is 0.338 e. The van der Waals surface area contributed by atoms with Crippen LogP contribution in [0.5, 0.6) is 0 Å². The van der Waals surface area contributed by atoms with Gasteiger partial charge >= 0.3 is 0 Å². The second-order valence-corrected chi connectivity index (χ2v) is 9.83. The number of benzene rings is 2. The van der Waals surface area contributed by atoms with E-state index in [1.165, 1.54) is 0 Å².